The molecule has 0 spiro atoms. The van der Waals surface area contributed by atoms with E-state index in [4.69, 9.17) is 19.8 Å². The zero-order chi connectivity index (χ0) is 34.5. The van der Waals surface area contributed by atoms with Gasteiger partial charge >= 0.3 is 94.3 Å². The second-order valence-electron chi connectivity index (χ2n) is 12.3. The Morgan fingerprint density at radius 3 is 1.58 bits per heavy atom. The van der Waals surface area contributed by atoms with Crippen LogP contribution < -0.4 is 24.5 Å². The molecule has 3 N–H and O–H groups in total. The first-order chi connectivity index (χ1) is 23.1. The third kappa shape index (κ3) is 10.9. The molecule has 4 aromatic carbocycles. The van der Waals surface area contributed by atoms with Crippen LogP contribution in [-0.4, -0.2) is 44.8 Å². The summed E-state index contributed by atoms with van der Waals surface area (Å²) in [6, 6.07) is 31.3. The molecule has 2 saturated carbocycles. The molecule has 2 fully saturated rings. The maximum absolute atomic E-state index is 9.19. The summed E-state index contributed by atoms with van der Waals surface area (Å²) in [5, 5.41) is 1.59. The average Bonchev–Trinajstić information content (AvgIpc) is 3.09. The van der Waals surface area contributed by atoms with Gasteiger partial charge in [-0.1, -0.05) is 76.8 Å². The molecule has 0 heterocycles. The monoisotopic (exact) mass is 780 g/mol. The molecule has 2 aliphatic carbocycles. The Morgan fingerprint density at radius 2 is 1.10 bits per heavy atom. The van der Waals surface area contributed by atoms with Gasteiger partial charge in [0.05, 0.1) is 26.0 Å². The van der Waals surface area contributed by atoms with Crippen molar-refractivity contribution in [3.05, 3.63) is 91.0 Å². The fraction of sp³-hybridized carbons (Fsp3) is 0.385. The van der Waals surface area contributed by atoms with Gasteiger partial charge in [0.25, 0.3) is 10.1 Å². The number of anilines is 1. The van der Waals surface area contributed by atoms with E-state index in [-0.39, 0.29) is 7.92 Å². The quantitative estimate of drug-likeness (QED) is 0.0843. The summed E-state index contributed by atoms with van der Waals surface area (Å²) in [6.07, 6.45) is 14.9. The normalized spacial score (nSPS) is 15.5. The Bertz CT molecular complexity index is 1610. The number of rotatable bonds is 7. The van der Waals surface area contributed by atoms with Crippen molar-refractivity contribution in [1.82, 2.24) is 0 Å². The number of methoxy groups -OCH3 is 2. The summed E-state index contributed by atoms with van der Waals surface area (Å²) in [5.41, 5.74) is 13.2. The summed E-state index contributed by atoms with van der Waals surface area (Å²) in [4.78, 5) is 0. The van der Waals surface area contributed by atoms with Gasteiger partial charge in [0.1, 0.15) is 11.5 Å². The van der Waals surface area contributed by atoms with E-state index < -0.39 is 10.1 Å². The number of nitrogen functional groups attached to an aromatic ring is 1. The molecule has 0 amide bonds. The molecule has 0 unspecified atom stereocenters. The Hall–Kier alpha value is -2.72. The number of hydrogen-bond donors (Lipinski definition) is 2. The van der Waals surface area contributed by atoms with E-state index in [1.165, 1.54) is 69.8 Å². The van der Waals surface area contributed by atoms with Crippen LogP contribution in [0.4, 0.5) is 5.69 Å². The number of nitrogens with two attached hydrogens (primary N) is 1. The van der Waals surface area contributed by atoms with E-state index in [0.717, 1.165) is 49.2 Å². The molecule has 0 aliphatic heterocycles. The van der Waals surface area contributed by atoms with Gasteiger partial charge in [-0.25, -0.2) is 0 Å². The van der Waals surface area contributed by atoms with Crippen molar-refractivity contribution < 1.29 is 41.6 Å². The Morgan fingerprint density at radius 1 is 0.667 bits per heavy atom. The molecule has 9 heteroatoms. The third-order valence-corrected chi connectivity index (χ3v) is 13.1. The predicted octanol–water partition coefficient (Wildman–Crippen LogP) is 8.76. The van der Waals surface area contributed by atoms with Gasteiger partial charge in [0, 0.05) is 0 Å². The standard InChI is InChI=1S/C26H35O2P.C12H10N.CH4O3S.Pd/c1-27-23-17-11-18-24(28-2)26(23)22-16-9-10-19-25(22)29(20-12-5-3-6-13-20)21-14-7-4-8-15-21;13-12-9-5-4-8-11(12)10-6-2-1-3-7-10;1-5(2,3)4;/h9-11,16-21H,3-8,12-15H2,1-2H3;1-6,8-9H,13H2;1H3,(H,2,3,4);. The Balaban J connectivity index is 0.000000226. The zero-order valence-electron chi connectivity index (χ0n) is 28.2. The summed E-state index contributed by atoms with van der Waals surface area (Å²) >= 11 is 3.23. The van der Waals surface area contributed by atoms with Gasteiger partial charge in [-0.15, -0.1) is 0 Å². The number of ether oxygens (including phenoxy) is 2. The Kier molecular flexibility index (Phi) is 15.0. The molecular formula is C39H49NO5PPdS. The second kappa shape index (κ2) is 18.9. The number of para-hydroxylation sites is 1. The van der Waals surface area contributed by atoms with Crippen LogP contribution in [0.15, 0.2) is 91.0 Å². The molecule has 6 nitrogen and oxygen atoms in total. The number of hydrogen-bond acceptors (Lipinski definition) is 5. The first-order valence-electron chi connectivity index (χ1n) is 16.7. The summed E-state index contributed by atoms with van der Waals surface area (Å²) in [7, 11) is -0.309. The minimum atomic E-state index is -3.67. The fourth-order valence-electron chi connectivity index (χ4n) is 6.84. The predicted molar refractivity (Wildman–Crippen MR) is 199 cm³/mol. The van der Waals surface area contributed by atoms with Crippen molar-refractivity contribution >= 4 is 33.1 Å². The molecule has 0 radical (unpaired) electrons. The van der Waals surface area contributed by atoms with Crippen LogP contribution >= 0.6 is 7.92 Å². The molecule has 48 heavy (non-hydrogen) atoms. The van der Waals surface area contributed by atoms with Gasteiger partial charge in [-0.2, -0.15) is 8.42 Å². The molecule has 0 atom stereocenters. The zero-order valence-corrected chi connectivity index (χ0v) is 31.5. The van der Waals surface area contributed by atoms with Crippen LogP contribution in [-0.2, 0) is 29.3 Å². The second-order valence-corrected chi connectivity index (χ2v) is 17.4. The van der Waals surface area contributed by atoms with E-state index in [1.807, 2.05) is 48.5 Å². The Labute approximate surface area is 299 Å². The summed E-state index contributed by atoms with van der Waals surface area (Å²) in [6.45, 7) is 0. The molecule has 6 rings (SSSR count). The fourth-order valence-corrected chi connectivity index (χ4v) is 11.3. The molecule has 261 valence electrons. The first-order valence-corrected chi connectivity index (χ1v) is 20.8. The minimum absolute atomic E-state index is 0.182. The van der Waals surface area contributed by atoms with Crippen molar-refractivity contribution in [1.29, 1.82) is 0 Å². The van der Waals surface area contributed by atoms with Crippen LogP contribution in [0.3, 0.4) is 0 Å². The summed E-state index contributed by atoms with van der Waals surface area (Å²) in [5.74, 6) is 1.83. The topological polar surface area (TPSA) is 98.8 Å². The number of benzene rings is 4. The van der Waals surface area contributed by atoms with E-state index in [0.29, 0.717) is 6.26 Å². The average molecular weight is 781 g/mol. The molecule has 0 aromatic heterocycles. The first kappa shape index (κ1) is 38.1. The van der Waals surface area contributed by atoms with Crippen molar-refractivity contribution in [2.75, 3.05) is 26.2 Å². The van der Waals surface area contributed by atoms with E-state index in [2.05, 4.69) is 61.7 Å². The van der Waals surface area contributed by atoms with Crippen LogP contribution in [0.25, 0.3) is 22.3 Å². The van der Waals surface area contributed by atoms with E-state index in [1.54, 1.807) is 19.5 Å². The van der Waals surface area contributed by atoms with Gasteiger partial charge in [0.2, 0.25) is 0 Å². The van der Waals surface area contributed by atoms with Crippen LogP contribution in [0.2, 0.25) is 0 Å². The molecular weight excluding hydrogens is 732 g/mol. The third-order valence-electron chi connectivity index (χ3n) is 8.91. The van der Waals surface area contributed by atoms with Gasteiger partial charge in [-0.05, 0) is 60.0 Å². The SMILES string of the molecule is COc1cccc(OC)c1-c1ccccc1P(C1CCCCC1)C1CCCCC1.CS(=O)(=O)O.Nc1ccccc1-c1cccc[c]1[Pd]. The summed E-state index contributed by atoms with van der Waals surface area (Å²) < 4.78 is 38.6. The molecule has 0 bridgehead atoms. The van der Waals surface area contributed by atoms with E-state index in [9.17, 15) is 8.42 Å². The van der Waals surface area contributed by atoms with Crippen molar-refractivity contribution in [2.45, 2.75) is 75.5 Å². The van der Waals surface area contributed by atoms with Crippen LogP contribution in [0.5, 0.6) is 11.5 Å². The molecule has 0 saturated heterocycles. The van der Waals surface area contributed by atoms with Crippen LogP contribution in [0, 0.1) is 0 Å². The molecule has 2 aliphatic rings. The van der Waals surface area contributed by atoms with E-state index >= 15 is 0 Å². The van der Waals surface area contributed by atoms with Crippen molar-refractivity contribution in [2.24, 2.45) is 0 Å². The molecule has 4 aromatic rings. The van der Waals surface area contributed by atoms with Crippen molar-refractivity contribution in [3.63, 3.8) is 0 Å². The van der Waals surface area contributed by atoms with Gasteiger partial charge in [-0.3, -0.25) is 4.55 Å². The van der Waals surface area contributed by atoms with Crippen molar-refractivity contribution in [3.8, 4) is 33.8 Å². The van der Waals surface area contributed by atoms with Gasteiger partial charge < -0.3 is 9.47 Å². The van der Waals surface area contributed by atoms with Gasteiger partial charge in [0.15, 0.2) is 0 Å². The maximum atomic E-state index is 9.19. The van der Waals surface area contributed by atoms with Crippen LogP contribution in [0.1, 0.15) is 64.2 Å².